The van der Waals surface area contributed by atoms with Gasteiger partial charge in [0.15, 0.2) is 0 Å². The molecule has 0 radical (unpaired) electrons. The lowest BCUT2D eigenvalue weighted by atomic mass is 9.87. The quantitative estimate of drug-likeness (QED) is 0.690. The Morgan fingerprint density at radius 2 is 1.79 bits per heavy atom. The van der Waals surface area contributed by atoms with Crippen molar-refractivity contribution in [1.82, 2.24) is 10.6 Å². The molecule has 3 N–H and O–H groups in total. The van der Waals surface area contributed by atoms with Gasteiger partial charge in [-0.15, -0.1) is 0 Å². The molecule has 0 bridgehead atoms. The zero-order valence-electron chi connectivity index (χ0n) is 11.4. The van der Waals surface area contributed by atoms with Crippen molar-refractivity contribution in [1.29, 1.82) is 0 Å². The molecule has 0 aliphatic heterocycles. The molecule has 108 valence electrons. The van der Waals surface area contributed by atoms with Crippen LogP contribution in [0.5, 0.6) is 0 Å². The van der Waals surface area contributed by atoms with Crippen LogP contribution in [-0.2, 0) is 4.79 Å². The molecule has 2 saturated carbocycles. The maximum Gasteiger partial charge on any atom is 0.314 e. The van der Waals surface area contributed by atoms with Gasteiger partial charge in [0.1, 0.15) is 0 Å². The Kier molecular flexibility index (Phi) is 4.66. The standard InChI is InChI=1S/C14H24N2O3/c17-12(18)14(7-8-14)10-16-13(19)15-9-6-11-4-2-1-3-5-11/h11H,1-10H2,(H,17,18)(H2,15,16,19). The predicted molar refractivity (Wildman–Crippen MR) is 71.9 cm³/mol. The van der Waals surface area contributed by atoms with E-state index in [1.165, 1.54) is 32.1 Å². The fourth-order valence-corrected chi connectivity index (χ4v) is 2.79. The lowest BCUT2D eigenvalue weighted by molar-refractivity contribution is -0.143. The number of carboxylic acids is 1. The molecular formula is C14H24N2O3. The van der Waals surface area contributed by atoms with E-state index in [0.29, 0.717) is 19.4 Å². The van der Waals surface area contributed by atoms with Crippen molar-refractivity contribution in [3.63, 3.8) is 0 Å². The van der Waals surface area contributed by atoms with E-state index in [4.69, 9.17) is 5.11 Å². The van der Waals surface area contributed by atoms with Gasteiger partial charge >= 0.3 is 12.0 Å². The largest absolute Gasteiger partial charge is 0.481 e. The zero-order valence-corrected chi connectivity index (χ0v) is 11.4. The van der Waals surface area contributed by atoms with E-state index < -0.39 is 11.4 Å². The number of nitrogens with one attached hydrogen (secondary N) is 2. The molecule has 19 heavy (non-hydrogen) atoms. The molecule has 2 fully saturated rings. The summed E-state index contributed by atoms with van der Waals surface area (Å²) >= 11 is 0. The number of urea groups is 1. The molecule has 2 aliphatic carbocycles. The van der Waals surface area contributed by atoms with Gasteiger partial charge in [-0.3, -0.25) is 4.79 Å². The van der Waals surface area contributed by atoms with Crippen LogP contribution < -0.4 is 10.6 Å². The van der Waals surface area contributed by atoms with Crippen molar-refractivity contribution >= 4 is 12.0 Å². The summed E-state index contributed by atoms with van der Waals surface area (Å²) < 4.78 is 0. The minimum atomic E-state index is -0.796. The van der Waals surface area contributed by atoms with Crippen molar-refractivity contribution in [3.05, 3.63) is 0 Å². The second-order valence-corrected chi connectivity index (χ2v) is 5.99. The average molecular weight is 268 g/mol. The average Bonchev–Trinajstić information content (AvgIpc) is 3.19. The first-order chi connectivity index (χ1) is 9.12. The summed E-state index contributed by atoms with van der Waals surface area (Å²) in [4.78, 5) is 22.5. The van der Waals surface area contributed by atoms with E-state index in [1.807, 2.05) is 0 Å². The molecule has 2 aliphatic rings. The highest BCUT2D eigenvalue weighted by molar-refractivity contribution is 5.80. The van der Waals surface area contributed by atoms with Crippen LogP contribution >= 0.6 is 0 Å². The third kappa shape index (κ3) is 4.11. The summed E-state index contributed by atoms with van der Waals surface area (Å²) in [6.07, 6.45) is 8.93. The topological polar surface area (TPSA) is 78.4 Å². The molecule has 5 heteroatoms. The van der Waals surface area contributed by atoms with Crippen LogP contribution in [0.1, 0.15) is 51.4 Å². The highest BCUT2D eigenvalue weighted by Crippen LogP contribution is 2.45. The molecule has 5 nitrogen and oxygen atoms in total. The zero-order chi connectivity index (χ0) is 13.7. The number of carboxylic acid groups (broad SMARTS) is 1. The van der Waals surface area contributed by atoms with Crippen LogP contribution in [0.3, 0.4) is 0 Å². The molecule has 0 heterocycles. The van der Waals surface area contributed by atoms with Crippen molar-refractivity contribution in [2.45, 2.75) is 51.4 Å². The van der Waals surface area contributed by atoms with E-state index in [9.17, 15) is 9.59 Å². The molecule has 0 aromatic heterocycles. The smallest absolute Gasteiger partial charge is 0.314 e. The number of hydrogen-bond donors (Lipinski definition) is 3. The van der Waals surface area contributed by atoms with Gasteiger partial charge in [0, 0.05) is 13.1 Å². The third-order valence-electron chi connectivity index (χ3n) is 4.46. The Balaban J connectivity index is 1.56. The van der Waals surface area contributed by atoms with Crippen molar-refractivity contribution in [2.75, 3.05) is 13.1 Å². The van der Waals surface area contributed by atoms with E-state index in [1.54, 1.807) is 0 Å². The Labute approximate surface area is 114 Å². The summed E-state index contributed by atoms with van der Waals surface area (Å²) in [5.74, 6) is -0.0437. The Hall–Kier alpha value is -1.26. The van der Waals surface area contributed by atoms with Crippen LogP contribution in [0.25, 0.3) is 0 Å². The number of aliphatic carboxylic acids is 1. The van der Waals surface area contributed by atoms with Gasteiger partial charge in [-0.2, -0.15) is 0 Å². The second kappa shape index (κ2) is 6.26. The van der Waals surface area contributed by atoms with Gasteiger partial charge in [0.2, 0.25) is 0 Å². The molecule has 0 aromatic carbocycles. The Morgan fingerprint density at radius 1 is 1.11 bits per heavy atom. The molecule has 0 saturated heterocycles. The van der Waals surface area contributed by atoms with E-state index >= 15 is 0 Å². The first-order valence-electron chi connectivity index (χ1n) is 7.37. The maximum atomic E-state index is 11.6. The lowest BCUT2D eigenvalue weighted by Crippen LogP contribution is -2.41. The van der Waals surface area contributed by atoms with Crippen LogP contribution in [-0.4, -0.2) is 30.2 Å². The predicted octanol–water partition coefficient (Wildman–Crippen LogP) is 2.12. The molecular weight excluding hydrogens is 244 g/mol. The fourth-order valence-electron chi connectivity index (χ4n) is 2.79. The van der Waals surface area contributed by atoms with Gasteiger partial charge in [0.05, 0.1) is 5.41 Å². The number of hydrogen-bond acceptors (Lipinski definition) is 2. The number of carbonyl (C=O) groups excluding carboxylic acids is 1. The van der Waals surface area contributed by atoms with E-state index in [0.717, 1.165) is 12.3 Å². The highest BCUT2D eigenvalue weighted by Gasteiger charge is 2.50. The minimum absolute atomic E-state index is 0.233. The van der Waals surface area contributed by atoms with Crippen LogP contribution in [0.15, 0.2) is 0 Å². The molecule has 0 atom stereocenters. The first-order valence-corrected chi connectivity index (χ1v) is 7.37. The molecule has 2 rings (SSSR count). The number of amides is 2. The normalized spacial score (nSPS) is 21.7. The summed E-state index contributed by atoms with van der Waals surface area (Å²) in [5.41, 5.74) is -0.680. The summed E-state index contributed by atoms with van der Waals surface area (Å²) in [5, 5.41) is 14.5. The maximum absolute atomic E-state index is 11.6. The Morgan fingerprint density at radius 3 is 2.37 bits per heavy atom. The second-order valence-electron chi connectivity index (χ2n) is 5.99. The van der Waals surface area contributed by atoms with Crippen LogP contribution in [0.4, 0.5) is 4.79 Å². The lowest BCUT2D eigenvalue weighted by Gasteiger charge is -2.21. The van der Waals surface area contributed by atoms with Gasteiger partial charge in [0.25, 0.3) is 0 Å². The van der Waals surface area contributed by atoms with Gasteiger partial charge < -0.3 is 15.7 Å². The van der Waals surface area contributed by atoms with Gasteiger partial charge in [-0.05, 0) is 25.2 Å². The first kappa shape index (κ1) is 14.2. The van der Waals surface area contributed by atoms with Gasteiger partial charge in [-0.25, -0.2) is 4.79 Å². The van der Waals surface area contributed by atoms with Crippen LogP contribution in [0.2, 0.25) is 0 Å². The number of carbonyl (C=O) groups is 2. The highest BCUT2D eigenvalue weighted by atomic mass is 16.4. The fraction of sp³-hybridized carbons (Fsp3) is 0.857. The summed E-state index contributed by atoms with van der Waals surface area (Å²) in [6.45, 7) is 0.939. The van der Waals surface area contributed by atoms with E-state index in [-0.39, 0.29) is 12.6 Å². The minimum Gasteiger partial charge on any atom is -0.481 e. The van der Waals surface area contributed by atoms with Crippen molar-refractivity contribution in [3.8, 4) is 0 Å². The van der Waals surface area contributed by atoms with E-state index in [2.05, 4.69) is 10.6 Å². The Bertz CT molecular complexity index is 334. The number of rotatable bonds is 6. The molecule has 0 unspecified atom stereocenters. The van der Waals surface area contributed by atoms with Crippen molar-refractivity contribution in [2.24, 2.45) is 11.3 Å². The summed E-state index contributed by atoms with van der Waals surface area (Å²) in [7, 11) is 0. The molecule has 0 aromatic rings. The van der Waals surface area contributed by atoms with Gasteiger partial charge in [-0.1, -0.05) is 32.1 Å². The summed E-state index contributed by atoms with van der Waals surface area (Å²) in [6, 6.07) is -0.233. The SMILES string of the molecule is O=C(NCCC1CCCCC1)NCC1(C(=O)O)CC1. The monoisotopic (exact) mass is 268 g/mol. The molecule has 0 spiro atoms. The third-order valence-corrected chi connectivity index (χ3v) is 4.46. The van der Waals surface area contributed by atoms with Crippen LogP contribution in [0, 0.1) is 11.3 Å². The molecule has 2 amide bonds. The van der Waals surface area contributed by atoms with Crippen molar-refractivity contribution < 1.29 is 14.7 Å².